The van der Waals surface area contributed by atoms with Crippen molar-refractivity contribution in [3.05, 3.63) is 0 Å². The van der Waals surface area contributed by atoms with Gasteiger partial charge in [0, 0.05) is 13.1 Å². The molecule has 0 heterocycles. The van der Waals surface area contributed by atoms with Gasteiger partial charge in [-0.05, 0) is 11.8 Å². The van der Waals surface area contributed by atoms with Crippen molar-refractivity contribution < 1.29 is 8.42 Å². The highest BCUT2D eigenvalue weighted by Gasteiger charge is 2.16. The summed E-state index contributed by atoms with van der Waals surface area (Å²) in [5.74, 6) is 0.0119. The molecule has 0 radical (unpaired) electrons. The van der Waals surface area contributed by atoms with E-state index >= 15 is 0 Å². The van der Waals surface area contributed by atoms with Crippen molar-refractivity contribution in [2.24, 2.45) is 10.6 Å². The van der Waals surface area contributed by atoms with Crippen molar-refractivity contribution in [3.8, 4) is 0 Å². The van der Waals surface area contributed by atoms with E-state index in [1.807, 2.05) is 0 Å². The minimum absolute atomic E-state index is 0.0119. The van der Waals surface area contributed by atoms with E-state index < -0.39 is 10.0 Å². The lowest BCUT2D eigenvalue weighted by atomic mass is 9.87. The van der Waals surface area contributed by atoms with E-state index in [1.54, 1.807) is 0 Å². The SMILES string of the molecule is CCCCCC(C)(C)CNCCS(N)(=O)=O. The summed E-state index contributed by atoms with van der Waals surface area (Å²) in [7, 11) is -3.33. The normalized spacial score (nSPS) is 13.0. The van der Waals surface area contributed by atoms with Crippen molar-refractivity contribution in [1.29, 1.82) is 0 Å². The van der Waals surface area contributed by atoms with Gasteiger partial charge in [-0.1, -0.05) is 40.0 Å². The number of hydrogen-bond donors (Lipinski definition) is 2. The lowest BCUT2D eigenvalue weighted by molar-refractivity contribution is 0.305. The molecule has 0 aromatic rings. The molecule has 0 spiro atoms. The van der Waals surface area contributed by atoms with Gasteiger partial charge in [-0.2, -0.15) is 0 Å². The van der Waals surface area contributed by atoms with Crippen LogP contribution in [0.3, 0.4) is 0 Å². The second-order valence-corrected chi connectivity index (χ2v) is 6.90. The molecule has 0 aliphatic heterocycles. The van der Waals surface area contributed by atoms with Gasteiger partial charge in [-0.15, -0.1) is 0 Å². The molecule has 0 aliphatic carbocycles. The van der Waals surface area contributed by atoms with Crippen LogP contribution in [0.25, 0.3) is 0 Å². The van der Waals surface area contributed by atoms with Gasteiger partial charge >= 0.3 is 0 Å². The Morgan fingerprint density at radius 1 is 1.25 bits per heavy atom. The van der Waals surface area contributed by atoms with Crippen molar-refractivity contribution in [2.45, 2.75) is 46.5 Å². The molecule has 16 heavy (non-hydrogen) atoms. The summed E-state index contributed by atoms with van der Waals surface area (Å²) in [5, 5.41) is 8.07. The van der Waals surface area contributed by atoms with Gasteiger partial charge in [0.15, 0.2) is 0 Å². The molecule has 0 aromatic carbocycles. The average molecular weight is 250 g/mol. The molecule has 0 aromatic heterocycles. The minimum atomic E-state index is -3.33. The number of primary sulfonamides is 1. The van der Waals surface area contributed by atoms with E-state index in [2.05, 4.69) is 26.1 Å². The lowest BCUT2D eigenvalue weighted by Crippen LogP contribution is -2.34. The number of nitrogens with one attached hydrogen (secondary N) is 1. The lowest BCUT2D eigenvalue weighted by Gasteiger charge is -2.25. The van der Waals surface area contributed by atoms with E-state index in [0.29, 0.717) is 6.54 Å². The number of unbranched alkanes of at least 4 members (excludes halogenated alkanes) is 2. The highest BCUT2D eigenvalue weighted by atomic mass is 32.2. The molecule has 98 valence electrons. The molecule has 0 saturated heterocycles. The fourth-order valence-corrected chi connectivity index (χ4v) is 2.01. The summed E-state index contributed by atoms with van der Waals surface area (Å²) in [6.45, 7) is 7.87. The number of hydrogen-bond acceptors (Lipinski definition) is 3. The predicted molar refractivity (Wildman–Crippen MR) is 68.8 cm³/mol. The van der Waals surface area contributed by atoms with Gasteiger partial charge in [0.25, 0.3) is 0 Å². The second kappa shape index (κ2) is 7.25. The summed E-state index contributed by atoms with van der Waals surface area (Å²) in [6, 6.07) is 0. The maximum Gasteiger partial charge on any atom is 0.210 e. The van der Waals surface area contributed by atoms with Gasteiger partial charge in [-0.25, -0.2) is 13.6 Å². The maximum absolute atomic E-state index is 10.7. The van der Waals surface area contributed by atoms with E-state index in [-0.39, 0.29) is 11.2 Å². The number of rotatable bonds is 9. The van der Waals surface area contributed by atoms with Crippen LogP contribution < -0.4 is 10.5 Å². The van der Waals surface area contributed by atoms with Crippen LogP contribution in [0.4, 0.5) is 0 Å². The molecule has 0 aliphatic rings. The molecule has 0 atom stereocenters. The Kier molecular flexibility index (Phi) is 7.19. The van der Waals surface area contributed by atoms with Crippen LogP contribution in [0.15, 0.2) is 0 Å². The highest BCUT2D eigenvalue weighted by Crippen LogP contribution is 2.22. The molecular formula is C11H26N2O2S. The zero-order valence-corrected chi connectivity index (χ0v) is 11.6. The van der Waals surface area contributed by atoms with Crippen molar-refractivity contribution >= 4 is 10.0 Å². The first kappa shape index (κ1) is 15.9. The second-order valence-electron chi connectivity index (χ2n) is 5.17. The van der Waals surface area contributed by atoms with E-state index in [0.717, 1.165) is 6.54 Å². The third kappa shape index (κ3) is 10.4. The Balaban J connectivity index is 3.65. The van der Waals surface area contributed by atoms with Crippen LogP contribution in [-0.2, 0) is 10.0 Å². The molecule has 3 N–H and O–H groups in total. The fraction of sp³-hybridized carbons (Fsp3) is 1.00. The van der Waals surface area contributed by atoms with Gasteiger partial charge in [0.05, 0.1) is 5.75 Å². The molecule has 0 rings (SSSR count). The Morgan fingerprint density at radius 3 is 2.38 bits per heavy atom. The molecule has 0 unspecified atom stereocenters. The Bertz CT molecular complexity index is 274. The first-order chi connectivity index (χ1) is 7.27. The van der Waals surface area contributed by atoms with Crippen LogP contribution in [0.5, 0.6) is 0 Å². The van der Waals surface area contributed by atoms with E-state index in [4.69, 9.17) is 5.14 Å². The van der Waals surface area contributed by atoms with Crippen LogP contribution in [0.1, 0.15) is 46.5 Å². The molecule has 0 saturated carbocycles. The largest absolute Gasteiger partial charge is 0.315 e. The molecule has 0 fully saturated rings. The van der Waals surface area contributed by atoms with Gasteiger partial charge < -0.3 is 5.32 Å². The van der Waals surface area contributed by atoms with Crippen molar-refractivity contribution in [2.75, 3.05) is 18.8 Å². The minimum Gasteiger partial charge on any atom is -0.315 e. The topological polar surface area (TPSA) is 72.2 Å². The Labute approximate surface area is 100 Å². The van der Waals surface area contributed by atoms with E-state index in [1.165, 1.54) is 25.7 Å². The molecule has 5 heteroatoms. The van der Waals surface area contributed by atoms with Crippen LogP contribution in [-0.4, -0.2) is 27.3 Å². The Morgan fingerprint density at radius 2 is 1.88 bits per heavy atom. The zero-order chi connectivity index (χ0) is 12.7. The zero-order valence-electron chi connectivity index (χ0n) is 10.8. The highest BCUT2D eigenvalue weighted by molar-refractivity contribution is 7.89. The van der Waals surface area contributed by atoms with Crippen LogP contribution in [0.2, 0.25) is 0 Å². The molecular weight excluding hydrogens is 224 g/mol. The fourth-order valence-electron chi connectivity index (χ4n) is 1.58. The Hall–Kier alpha value is -0.130. The summed E-state index contributed by atoms with van der Waals surface area (Å²) in [5.41, 5.74) is 0.230. The standard InChI is InChI=1S/C11H26N2O2S/c1-4-5-6-7-11(2,3)10-13-8-9-16(12,14)15/h13H,4-10H2,1-3H3,(H2,12,14,15). The van der Waals surface area contributed by atoms with Crippen molar-refractivity contribution in [1.82, 2.24) is 5.32 Å². The summed E-state index contributed by atoms with van der Waals surface area (Å²) >= 11 is 0. The van der Waals surface area contributed by atoms with Gasteiger partial charge in [0.2, 0.25) is 10.0 Å². The van der Waals surface area contributed by atoms with Gasteiger partial charge in [0.1, 0.15) is 0 Å². The van der Waals surface area contributed by atoms with Crippen LogP contribution in [0, 0.1) is 5.41 Å². The smallest absolute Gasteiger partial charge is 0.210 e. The number of nitrogens with two attached hydrogens (primary N) is 1. The maximum atomic E-state index is 10.7. The van der Waals surface area contributed by atoms with Crippen molar-refractivity contribution in [3.63, 3.8) is 0 Å². The third-order valence-corrected chi connectivity index (χ3v) is 3.40. The summed E-state index contributed by atoms with van der Waals surface area (Å²) < 4.78 is 21.4. The predicted octanol–water partition coefficient (Wildman–Crippen LogP) is 1.47. The van der Waals surface area contributed by atoms with Gasteiger partial charge in [-0.3, -0.25) is 0 Å². The molecule has 4 nitrogen and oxygen atoms in total. The first-order valence-electron chi connectivity index (χ1n) is 5.98. The third-order valence-electron chi connectivity index (χ3n) is 2.62. The molecule has 0 amide bonds. The van der Waals surface area contributed by atoms with Crippen LogP contribution >= 0.6 is 0 Å². The first-order valence-corrected chi connectivity index (χ1v) is 7.69. The monoisotopic (exact) mass is 250 g/mol. The summed E-state index contributed by atoms with van der Waals surface area (Å²) in [6.07, 6.45) is 4.90. The molecule has 0 bridgehead atoms. The van der Waals surface area contributed by atoms with E-state index in [9.17, 15) is 8.42 Å². The summed E-state index contributed by atoms with van der Waals surface area (Å²) in [4.78, 5) is 0. The average Bonchev–Trinajstić information content (AvgIpc) is 2.11. The number of sulfonamides is 1. The quantitative estimate of drug-likeness (QED) is 0.609.